The molecule has 1 aromatic carbocycles. The van der Waals surface area contributed by atoms with E-state index in [0.29, 0.717) is 5.69 Å². The maximum Gasteiger partial charge on any atom is 0.321 e. The molecule has 0 bridgehead atoms. The average Bonchev–Trinajstić information content (AvgIpc) is 3.26. The van der Waals surface area contributed by atoms with Crippen LogP contribution in [-0.2, 0) is 0 Å². The summed E-state index contributed by atoms with van der Waals surface area (Å²) in [7, 11) is 0. The molecule has 1 aromatic rings. The second-order valence-corrected chi connectivity index (χ2v) is 4.86. The number of anilines is 2. The van der Waals surface area contributed by atoms with Gasteiger partial charge in [0.25, 0.3) is 0 Å². The van der Waals surface area contributed by atoms with Crippen LogP contribution in [0.25, 0.3) is 0 Å². The molecule has 6 heteroatoms. The van der Waals surface area contributed by atoms with Crippen LogP contribution in [-0.4, -0.2) is 48.0 Å². The second kappa shape index (κ2) is 4.46. The number of carbonyl (C=O) groups excluding carboxylic acids is 2. The van der Waals surface area contributed by atoms with Crippen LogP contribution in [0.3, 0.4) is 0 Å². The van der Waals surface area contributed by atoms with Gasteiger partial charge in [0.2, 0.25) is 0 Å². The van der Waals surface area contributed by atoms with Crippen LogP contribution in [0.2, 0.25) is 0 Å². The first-order valence-corrected chi connectivity index (χ1v) is 6.36. The molecule has 3 rings (SSSR count). The molecule has 0 aromatic heterocycles. The third-order valence-electron chi connectivity index (χ3n) is 3.20. The predicted molar refractivity (Wildman–Crippen MR) is 72.4 cm³/mol. The quantitative estimate of drug-likeness (QED) is 0.795. The zero-order chi connectivity index (χ0) is 13.4. The van der Waals surface area contributed by atoms with Gasteiger partial charge in [-0.05, 0) is 24.6 Å². The van der Waals surface area contributed by atoms with Crippen LogP contribution in [0.15, 0.2) is 18.2 Å². The molecule has 2 aliphatic heterocycles. The third-order valence-corrected chi connectivity index (χ3v) is 3.20. The topological polar surface area (TPSA) is 64.2 Å². The Morgan fingerprint density at radius 1 is 1.00 bits per heavy atom. The van der Waals surface area contributed by atoms with Crippen molar-refractivity contribution in [2.45, 2.75) is 6.92 Å². The first-order chi connectivity index (χ1) is 9.13. The fourth-order valence-corrected chi connectivity index (χ4v) is 1.74. The van der Waals surface area contributed by atoms with Crippen molar-refractivity contribution in [3.63, 3.8) is 0 Å². The summed E-state index contributed by atoms with van der Waals surface area (Å²) in [6.07, 6.45) is 0. The van der Waals surface area contributed by atoms with Crippen LogP contribution >= 0.6 is 0 Å². The molecule has 0 atom stereocenters. The maximum atomic E-state index is 11.7. The molecule has 2 heterocycles. The number of aryl methyl sites for hydroxylation is 1. The molecule has 0 saturated carbocycles. The zero-order valence-corrected chi connectivity index (χ0v) is 10.8. The normalized spacial score (nSPS) is 16.1. The molecular formula is C13H16N4O2. The fourth-order valence-electron chi connectivity index (χ4n) is 1.74. The Morgan fingerprint density at radius 2 is 1.58 bits per heavy atom. The summed E-state index contributed by atoms with van der Waals surface area (Å²) >= 11 is 0. The Bertz CT molecular complexity index is 535. The van der Waals surface area contributed by atoms with Gasteiger partial charge in [0, 0.05) is 37.6 Å². The van der Waals surface area contributed by atoms with Gasteiger partial charge in [0.05, 0.1) is 0 Å². The maximum absolute atomic E-state index is 11.7. The largest absolute Gasteiger partial charge is 0.321 e. The Hall–Kier alpha value is -2.24. The van der Waals surface area contributed by atoms with E-state index in [1.54, 1.807) is 15.9 Å². The van der Waals surface area contributed by atoms with Crippen molar-refractivity contribution in [1.82, 2.24) is 9.80 Å². The highest BCUT2D eigenvalue weighted by atomic mass is 16.2. The van der Waals surface area contributed by atoms with Gasteiger partial charge >= 0.3 is 12.1 Å². The van der Waals surface area contributed by atoms with Gasteiger partial charge in [-0.2, -0.15) is 0 Å². The minimum atomic E-state index is -0.0907. The van der Waals surface area contributed by atoms with Crippen molar-refractivity contribution in [3.8, 4) is 0 Å². The molecule has 2 saturated heterocycles. The van der Waals surface area contributed by atoms with Crippen molar-refractivity contribution >= 4 is 23.4 Å². The number of nitrogens with zero attached hydrogens (tertiary/aromatic N) is 2. The number of amides is 4. The van der Waals surface area contributed by atoms with Gasteiger partial charge < -0.3 is 20.4 Å². The smallest absolute Gasteiger partial charge is 0.321 e. The lowest BCUT2D eigenvalue weighted by Gasteiger charge is -2.12. The zero-order valence-electron chi connectivity index (χ0n) is 10.8. The van der Waals surface area contributed by atoms with Crippen molar-refractivity contribution in [3.05, 3.63) is 23.8 Å². The van der Waals surface area contributed by atoms with E-state index in [4.69, 9.17) is 0 Å². The number of nitrogens with one attached hydrogen (secondary N) is 2. The van der Waals surface area contributed by atoms with E-state index in [1.165, 1.54) is 0 Å². The van der Waals surface area contributed by atoms with Crippen molar-refractivity contribution < 1.29 is 9.59 Å². The lowest BCUT2D eigenvalue weighted by molar-refractivity contribution is 0.241. The summed E-state index contributed by atoms with van der Waals surface area (Å²) in [5, 5.41) is 5.66. The molecular weight excluding hydrogens is 244 g/mol. The molecule has 0 radical (unpaired) electrons. The van der Waals surface area contributed by atoms with Gasteiger partial charge in [-0.1, -0.05) is 6.07 Å². The van der Waals surface area contributed by atoms with Gasteiger partial charge in [0.15, 0.2) is 0 Å². The lowest BCUT2D eigenvalue weighted by Crippen LogP contribution is -2.20. The molecule has 2 aliphatic rings. The minimum Gasteiger partial charge on any atom is -0.321 e. The molecule has 2 fully saturated rings. The van der Waals surface area contributed by atoms with Crippen molar-refractivity contribution in [1.29, 1.82) is 0 Å². The summed E-state index contributed by atoms with van der Waals surface area (Å²) in [5.41, 5.74) is 2.41. The molecule has 0 spiro atoms. The molecule has 100 valence electrons. The number of urea groups is 2. The molecule has 0 aliphatic carbocycles. The Balaban J connectivity index is 1.70. The van der Waals surface area contributed by atoms with E-state index >= 15 is 0 Å². The number of carbonyl (C=O) groups is 2. The van der Waals surface area contributed by atoms with E-state index in [9.17, 15) is 9.59 Å². The van der Waals surface area contributed by atoms with E-state index < -0.39 is 0 Å². The second-order valence-electron chi connectivity index (χ2n) is 4.86. The molecule has 4 amide bonds. The number of benzene rings is 1. The van der Waals surface area contributed by atoms with Crippen LogP contribution < -0.4 is 10.6 Å². The predicted octanol–water partition coefficient (Wildman–Crippen LogP) is 1.69. The highest BCUT2D eigenvalue weighted by Gasteiger charge is 2.25. The van der Waals surface area contributed by atoms with Crippen LogP contribution in [0, 0.1) is 6.92 Å². The molecule has 0 unspecified atom stereocenters. The number of rotatable bonds is 2. The highest BCUT2D eigenvalue weighted by Crippen LogP contribution is 2.22. The van der Waals surface area contributed by atoms with E-state index in [0.717, 1.165) is 37.4 Å². The van der Waals surface area contributed by atoms with E-state index in [1.807, 2.05) is 19.1 Å². The Kier molecular flexibility index (Phi) is 2.77. The summed E-state index contributed by atoms with van der Waals surface area (Å²) < 4.78 is 0. The van der Waals surface area contributed by atoms with Gasteiger partial charge in [0.1, 0.15) is 0 Å². The van der Waals surface area contributed by atoms with E-state index in [2.05, 4.69) is 10.6 Å². The van der Waals surface area contributed by atoms with E-state index in [-0.39, 0.29) is 12.1 Å². The summed E-state index contributed by atoms with van der Waals surface area (Å²) in [6.45, 7) is 5.19. The first-order valence-electron chi connectivity index (χ1n) is 6.36. The SMILES string of the molecule is Cc1ccc(NC(=O)N2CC2)cc1NC(=O)N1CC1. The average molecular weight is 260 g/mol. The van der Waals surface area contributed by atoms with Crippen LogP contribution in [0.5, 0.6) is 0 Å². The molecule has 19 heavy (non-hydrogen) atoms. The van der Waals surface area contributed by atoms with Gasteiger partial charge in [-0.3, -0.25) is 0 Å². The first kappa shape index (κ1) is 11.8. The summed E-state index contributed by atoms with van der Waals surface area (Å²) in [5.74, 6) is 0. The number of hydrogen-bond acceptors (Lipinski definition) is 2. The van der Waals surface area contributed by atoms with Crippen LogP contribution in [0.1, 0.15) is 5.56 Å². The van der Waals surface area contributed by atoms with Gasteiger partial charge in [-0.25, -0.2) is 9.59 Å². The Labute approximate surface area is 111 Å². The lowest BCUT2D eigenvalue weighted by atomic mass is 10.2. The fraction of sp³-hybridized carbons (Fsp3) is 0.385. The van der Waals surface area contributed by atoms with Crippen molar-refractivity contribution in [2.75, 3.05) is 36.8 Å². The molecule has 6 nitrogen and oxygen atoms in total. The Morgan fingerprint density at radius 3 is 2.16 bits per heavy atom. The molecule has 2 N–H and O–H groups in total. The van der Waals surface area contributed by atoms with Crippen LogP contribution in [0.4, 0.5) is 21.0 Å². The van der Waals surface area contributed by atoms with Gasteiger partial charge in [-0.15, -0.1) is 0 Å². The number of hydrogen-bond donors (Lipinski definition) is 2. The summed E-state index contributed by atoms with van der Waals surface area (Å²) in [4.78, 5) is 26.7. The monoisotopic (exact) mass is 260 g/mol. The third kappa shape index (κ3) is 2.78. The summed E-state index contributed by atoms with van der Waals surface area (Å²) in [6, 6.07) is 5.34. The standard InChI is InChI=1S/C13H16N4O2/c1-9-2-3-10(14-12(18)16-4-5-16)8-11(9)15-13(19)17-6-7-17/h2-3,8H,4-7H2,1H3,(H,14,18)(H,15,19). The highest BCUT2D eigenvalue weighted by molar-refractivity contribution is 5.94. The minimum absolute atomic E-state index is 0.0856. The van der Waals surface area contributed by atoms with Crippen molar-refractivity contribution in [2.24, 2.45) is 0 Å².